The number of aromatic carboxylic acids is 1. The van der Waals surface area contributed by atoms with Crippen molar-refractivity contribution < 1.29 is 19.5 Å². The third-order valence-corrected chi connectivity index (χ3v) is 1.52. The summed E-state index contributed by atoms with van der Waals surface area (Å²) >= 11 is 0. The first-order valence-corrected chi connectivity index (χ1v) is 4.01. The van der Waals surface area contributed by atoms with Gasteiger partial charge in [0.05, 0.1) is 5.56 Å². The van der Waals surface area contributed by atoms with E-state index in [4.69, 9.17) is 5.11 Å². The van der Waals surface area contributed by atoms with E-state index in [-0.39, 0.29) is 23.0 Å². The highest BCUT2D eigenvalue weighted by atomic mass is 16.4. The van der Waals surface area contributed by atoms with Crippen LogP contribution in [0.4, 0.5) is 5.82 Å². The Kier molecular flexibility index (Phi) is 3.12. The van der Waals surface area contributed by atoms with Crippen molar-refractivity contribution in [1.82, 2.24) is 4.98 Å². The maximum atomic E-state index is 10.7. The summed E-state index contributed by atoms with van der Waals surface area (Å²) in [6.07, 6.45) is 0.414. The molecule has 0 unspecified atom stereocenters. The molecule has 0 aliphatic rings. The van der Waals surface area contributed by atoms with Crippen LogP contribution in [0.2, 0.25) is 0 Å². The second kappa shape index (κ2) is 4.32. The molecular weight excluding hydrogens is 200 g/mol. The van der Waals surface area contributed by atoms with Crippen molar-refractivity contribution >= 4 is 24.0 Å². The number of carbonyl (C=O) groups is 3. The molecule has 1 amide bonds. The molecule has 0 fully saturated rings. The third kappa shape index (κ3) is 2.87. The predicted octanol–water partition coefficient (Wildman–Crippen LogP) is 0.551. The molecule has 1 heterocycles. The van der Waals surface area contributed by atoms with E-state index in [2.05, 4.69) is 10.3 Å². The van der Waals surface area contributed by atoms with Crippen LogP contribution in [0.3, 0.4) is 0 Å². The molecule has 0 atom stereocenters. The van der Waals surface area contributed by atoms with Gasteiger partial charge in [-0.3, -0.25) is 9.59 Å². The van der Waals surface area contributed by atoms with Crippen LogP contribution in [0.5, 0.6) is 0 Å². The molecule has 0 aromatic carbocycles. The zero-order valence-corrected chi connectivity index (χ0v) is 7.85. The lowest BCUT2D eigenvalue weighted by molar-refractivity contribution is -0.114. The first-order chi connectivity index (χ1) is 7.02. The second-order valence-electron chi connectivity index (χ2n) is 2.77. The van der Waals surface area contributed by atoms with E-state index in [9.17, 15) is 14.4 Å². The minimum absolute atomic E-state index is 0.0429. The number of nitrogens with zero attached hydrogens (tertiary/aromatic N) is 1. The molecule has 6 heteroatoms. The van der Waals surface area contributed by atoms with Crippen molar-refractivity contribution in [2.45, 2.75) is 6.92 Å². The van der Waals surface area contributed by atoms with Crippen molar-refractivity contribution in [1.29, 1.82) is 0 Å². The number of carboxylic acids is 1. The summed E-state index contributed by atoms with van der Waals surface area (Å²) in [7, 11) is 0. The van der Waals surface area contributed by atoms with Crippen LogP contribution in [0.1, 0.15) is 27.8 Å². The minimum atomic E-state index is -1.19. The fourth-order valence-electron chi connectivity index (χ4n) is 0.980. The lowest BCUT2D eigenvalue weighted by Gasteiger charge is -2.03. The zero-order chi connectivity index (χ0) is 11.4. The van der Waals surface area contributed by atoms with Crippen molar-refractivity contribution in [3.05, 3.63) is 23.4 Å². The number of aldehydes is 1. The Hall–Kier alpha value is -2.24. The third-order valence-electron chi connectivity index (χ3n) is 1.52. The second-order valence-corrected chi connectivity index (χ2v) is 2.77. The molecule has 1 aromatic heterocycles. The van der Waals surface area contributed by atoms with Crippen LogP contribution in [0, 0.1) is 0 Å². The van der Waals surface area contributed by atoms with Gasteiger partial charge in [-0.1, -0.05) is 0 Å². The van der Waals surface area contributed by atoms with Crippen molar-refractivity contribution in [2.75, 3.05) is 5.32 Å². The van der Waals surface area contributed by atoms with Crippen LogP contribution in [-0.4, -0.2) is 28.3 Å². The number of hydrogen-bond acceptors (Lipinski definition) is 4. The highest BCUT2D eigenvalue weighted by Crippen LogP contribution is 2.09. The number of carbonyl (C=O) groups excluding carboxylic acids is 2. The van der Waals surface area contributed by atoms with Crippen LogP contribution in [0.15, 0.2) is 12.1 Å². The van der Waals surface area contributed by atoms with E-state index in [0.717, 1.165) is 6.07 Å². The average molecular weight is 208 g/mol. The smallest absolute Gasteiger partial charge is 0.335 e. The molecule has 1 rings (SSSR count). The molecule has 1 aromatic rings. The summed E-state index contributed by atoms with van der Waals surface area (Å²) in [5.41, 5.74) is -0.144. The lowest BCUT2D eigenvalue weighted by atomic mass is 10.2. The van der Waals surface area contributed by atoms with E-state index < -0.39 is 5.97 Å². The van der Waals surface area contributed by atoms with E-state index in [1.165, 1.54) is 13.0 Å². The number of carboxylic acid groups (broad SMARTS) is 1. The van der Waals surface area contributed by atoms with Gasteiger partial charge in [-0.25, -0.2) is 9.78 Å². The van der Waals surface area contributed by atoms with E-state index in [1.54, 1.807) is 0 Å². The number of pyridine rings is 1. The average Bonchev–Trinajstić information content (AvgIpc) is 2.16. The van der Waals surface area contributed by atoms with Gasteiger partial charge in [-0.05, 0) is 12.1 Å². The standard InChI is InChI=1S/C9H8N2O4/c1-5(13)10-8-3-6(9(14)15)2-7(4-12)11-8/h2-4H,1H3,(H,14,15)(H,10,11,13). The molecule has 0 saturated heterocycles. The summed E-state index contributed by atoms with van der Waals surface area (Å²) in [6.45, 7) is 1.26. The molecule has 78 valence electrons. The quantitative estimate of drug-likeness (QED) is 0.707. The van der Waals surface area contributed by atoms with Gasteiger partial charge in [-0.15, -0.1) is 0 Å². The van der Waals surface area contributed by atoms with Crippen molar-refractivity contribution in [3.8, 4) is 0 Å². The maximum Gasteiger partial charge on any atom is 0.335 e. The fourth-order valence-corrected chi connectivity index (χ4v) is 0.980. The van der Waals surface area contributed by atoms with Crippen molar-refractivity contribution in [2.24, 2.45) is 0 Å². The Labute approximate surface area is 84.9 Å². The number of nitrogens with one attached hydrogen (secondary N) is 1. The van der Waals surface area contributed by atoms with Gasteiger partial charge < -0.3 is 10.4 Å². The van der Waals surface area contributed by atoms with Gasteiger partial charge in [-0.2, -0.15) is 0 Å². The molecular formula is C9H8N2O4. The molecule has 0 aliphatic heterocycles. The number of rotatable bonds is 3. The molecule has 0 spiro atoms. The first-order valence-electron chi connectivity index (χ1n) is 4.01. The first kappa shape index (κ1) is 10.8. The molecule has 15 heavy (non-hydrogen) atoms. The van der Waals surface area contributed by atoms with E-state index in [0.29, 0.717) is 6.29 Å². The lowest BCUT2D eigenvalue weighted by Crippen LogP contribution is -2.10. The molecule has 0 aliphatic carbocycles. The number of aromatic nitrogens is 1. The normalized spacial score (nSPS) is 9.40. The van der Waals surface area contributed by atoms with Crippen LogP contribution < -0.4 is 5.32 Å². The largest absolute Gasteiger partial charge is 0.478 e. The number of anilines is 1. The predicted molar refractivity (Wildman–Crippen MR) is 50.9 cm³/mol. The summed E-state index contributed by atoms with van der Waals surface area (Å²) in [4.78, 5) is 35.5. The van der Waals surface area contributed by atoms with Gasteiger partial charge in [0.15, 0.2) is 6.29 Å². The van der Waals surface area contributed by atoms with E-state index in [1.807, 2.05) is 0 Å². The Morgan fingerprint density at radius 1 is 1.47 bits per heavy atom. The van der Waals surface area contributed by atoms with Crippen LogP contribution in [-0.2, 0) is 4.79 Å². The number of amides is 1. The highest BCUT2D eigenvalue weighted by molar-refractivity contribution is 5.93. The Morgan fingerprint density at radius 3 is 2.60 bits per heavy atom. The molecule has 2 N–H and O–H groups in total. The minimum Gasteiger partial charge on any atom is -0.478 e. The SMILES string of the molecule is CC(=O)Nc1cc(C(=O)O)cc(C=O)n1. The summed E-state index contributed by atoms with van der Waals surface area (Å²) < 4.78 is 0. The topological polar surface area (TPSA) is 96.4 Å². The zero-order valence-electron chi connectivity index (χ0n) is 7.85. The molecule has 0 radical (unpaired) electrons. The van der Waals surface area contributed by atoms with Crippen LogP contribution >= 0.6 is 0 Å². The summed E-state index contributed by atoms with van der Waals surface area (Å²) in [6, 6.07) is 2.30. The van der Waals surface area contributed by atoms with Gasteiger partial charge in [0.25, 0.3) is 0 Å². The summed E-state index contributed by atoms with van der Waals surface area (Å²) in [5, 5.41) is 11.0. The van der Waals surface area contributed by atoms with Crippen molar-refractivity contribution in [3.63, 3.8) is 0 Å². The Bertz CT molecular complexity index is 428. The maximum absolute atomic E-state index is 10.7. The van der Waals surface area contributed by atoms with E-state index >= 15 is 0 Å². The molecule has 6 nitrogen and oxygen atoms in total. The summed E-state index contributed by atoms with van der Waals surface area (Å²) in [5.74, 6) is -1.53. The van der Waals surface area contributed by atoms with Gasteiger partial charge in [0, 0.05) is 6.92 Å². The van der Waals surface area contributed by atoms with Gasteiger partial charge >= 0.3 is 5.97 Å². The van der Waals surface area contributed by atoms with Gasteiger partial charge in [0.2, 0.25) is 5.91 Å². The fraction of sp³-hybridized carbons (Fsp3) is 0.111. The molecule has 0 saturated carbocycles. The highest BCUT2D eigenvalue weighted by Gasteiger charge is 2.08. The van der Waals surface area contributed by atoms with Gasteiger partial charge in [0.1, 0.15) is 11.5 Å². The monoisotopic (exact) mass is 208 g/mol. The Balaban J connectivity index is 3.16. The van der Waals surface area contributed by atoms with Crippen LogP contribution in [0.25, 0.3) is 0 Å². The molecule has 0 bridgehead atoms. The number of hydrogen-bond donors (Lipinski definition) is 2. The Morgan fingerprint density at radius 2 is 2.13 bits per heavy atom.